The van der Waals surface area contributed by atoms with Crippen LogP contribution in [0, 0.1) is 0 Å². The molecule has 2 aromatic carbocycles. The molecule has 0 amide bonds. The molecule has 3 aromatic rings. The summed E-state index contributed by atoms with van der Waals surface area (Å²) in [5.74, 6) is 1.02. The topological polar surface area (TPSA) is 33.1 Å². The number of nitrogens with one attached hydrogen (secondary N) is 1. The van der Waals surface area contributed by atoms with Crippen molar-refractivity contribution < 1.29 is 0 Å². The number of hydrogen-bond donors (Lipinski definition) is 1. The van der Waals surface area contributed by atoms with E-state index in [1.54, 1.807) is 0 Å². The normalized spacial score (nSPS) is 16.3. The predicted octanol–water partition coefficient (Wildman–Crippen LogP) is 4.74. The van der Waals surface area contributed by atoms with Gasteiger partial charge in [0.25, 0.3) is 0 Å². The van der Waals surface area contributed by atoms with Gasteiger partial charge >= 0.3 is 0 Å². The molecule has 1 N–H and O–H groups in total. The highest BCUT2D eigenvalue weighted by Crippen LogP contribution is 2.26. The summed E-state index contributed by atoms with van der Waals surface area (Å²) < 4.78 is 2.33. The summed E-state index contributed by atoms with van der Waals surface area (Å²) in [6.45, 7) is 7.93. The summed E-state index contributed by atoms with van der Waals surface area (Å²) in [6.07, 6.45) is 3.49. The average Bonchev–Trinajstić information content (AvgIpc) is 3.06. The van der Waals surface area contributed by atoms with Crippen LogP contribution in [0.2, 0.25) is 0 Å². The maximum atomic E-state index is 4.86. The second-order valence-corrected chi connectivity index (χ2v) is 7.88. The number of hydrogen-bond acceptors (Lipinski definition) is 3. The maximum absolute atomic E-state index is 4.86. The lowest BCUT2D eigenvalue weighted by Gasteiger charge is -2.32. The van der Waals surface area contributed by atoms with Crippen molar-refractivity contribution in [2.75, 3.05) is 25.0 Å². The number of nitrogens with zero attached hydrogens (tertiary/aromatic N) is 3. The number of fused-ring (bicyclic) bond motifs is 1. The monoisotopic (exact) mass is 362 g/mol. The van der Waals surface area contributed by atoms with Crippen LogP contribution in [0.5, 0.6) is 0 Å². The Bertz CT molecular complexity index is 860. The van der Waals surface area contributed by atoms with Gasteiger partial charge in [0.1, 0.15) is 0 Å². The largest absolute Gasteiger partial charge is 0.353 e. The number of benzene rings is 2. The molecule has 0 spiro atoms. The van der Waals surface area contributed by atoms with Gasteiger partial charge in [0.05, 0.1) is 11.0 Å². The Kier molecular flexibility index (Phi) is 5.44. The molecule has 1 saturated heterocycles. The lowest BCUT2D eigenvalue weighted by molar-refractivity contribution is 0.221. The first-order valence-corrected chi connectivity index (χ1v) is 10.2. The van der Waals surface area contributed by atoms with Crippen molar-refractivity contribution in [3.8, 4) is 0 Å². The lowest BCUT2D eigenvalue weighted by Crippen LogP contribution is -2.40. The summed E-state index contributed by atoms with van der Waals surface area (Å²) in [6, 6.07) is 20.1. The molecule has 1 aromatic heterocycles. The lowest BCUT2D eigenvalue weighted by atomic mass is 10.0. The van der Waals surface area contributed by atoms with E-state index < -0.39 is 0 Å². The smallest absolute Gasteiger partial charge is 0.204 e. The van der Waals surface area contributed by atoms with Gasteiger partial charge in [0, 0.05) is 31.7 Å². The van der Waals surface area contributed by atoms with E-state index in [9.17, 15) is 0 Å². The summed E-state index contributed by atoms with van der Waals surface area (Å²) in [7, 11) is 0. The van der Waals surface area contributed by atoms with Crippen LogP contribution in [0.3, 0.4) is 0 Å². The van der Waals surface area contributed by atoms with Crippen molar-refractivity contribution >= 4 is 17.0 Å². The molecule has 4 rings (SSSR count). The number of anilines is 1. The number of rotatable bonds is 6. The highest BCUT2D eigenvalue weighted by atomic mass is 15.2. The average molecular weight is 363 g/mol. The van der Waals surface area contributed by atoms with Crippen molar-refractivity contribution in [2.45, 2.75) is 45.2 Å². The molecule has 27 heavy (non-hydrogen) atoms. The van der Waals surface area contributed by atoms with Crippen LogP contribution in [0.4, 0.5) is 5.95 Å². The highest BCUT2D eigenvalue weighted by molar-refractivity contribution is 5.78. The number of para-hydroxylation sites is 2. The Morgan fingerprint density at radius 3 is 2.44 bits per heavy atom. The van der Waals surface area contributed by atoms with Crippen LogP contribution in [0.1, 0.15) is 38.3 Å². The van der Waals surface area contributed by atoms with Crippen molar-refractivity contribution in [2.24, 2.45) is 0 Å². The third kappa shape index (κ3) is 4.16. The quantitative estimate of drug-likeness (QED) is 0.688. The molecule has 1 fully saturated rings. The number of imidazole rings is 1. The van der Waals surface area contributed by atoms with Gasteiger partial charge < -0.3 is 14.8 Å². The van der Waals surface area contributed by atoms with Crippen LogP contribution >= 0.6 is 0 Å². The third-order valence-electron chi connectivity index (χ3n) is 5.59. The zero-order valence-electron chi connectivity index (χ0n) is 16.4. The van der Waals surface area contributed by atoms with Crippen molar-refractivity contribution in [3.63, 3.8) is 0 Å². The van der Waals surface area contributed by atoms with Gasteiger partial charge in [-0.15, -0.1) is 0 Å². The molecule has 4 heteroatoms. The first-order valence-electron chi connectivity index (χ1n) is 10.2. The van der Waals surface area contributed by atoms with Gasteiger partial charge in [-0.05, 0) is 50.8 Å². The Morgan fingerprint density at radius 2 is 1.70 bits per heavy atom. The van der Waals surface area contributed by atoms with Gasteiger partial charge in [0.2, 0.25) is 5.95 Å². The van der Waals surface area contributed by atoms with Gasteiger partial charge in [-0.1, -0.05) is 42.5 Å². The van der Waals surface area contributed by atoms with Crippen LogP contribution in [0.15, 0.2) is 54.6 Å². The maximum Gasteiger partial charge on any atom is 0.204 e. The van der Waals surface area contributed by atoms with Gasteiger partial charge in [-0.2, -0.15) is 0 Å². The minimum atomic E-state index is 0.394. The second kappa shape index (κ2) is 8.13. The molecular weight excluding hydrogens is 332 g/mol. The fraction of sp³-hybridized carbons (Fsp3) is 0.435. The van der Waals surface area contributed by atoms with Crippen molar-refractivity contribution in [3.05, 3.63) is 60.2 Å². The summed E-state index contributed by atoms with van der Waals surface area (Å²) in [4.78, 5) is 7.46. The molecule has 0 aliphatic carbocycles. The molecule has 1 aliphatic heterocycles. The predicted molar refractivity (Wildman–Crippen MR) is 113 cm³/mol. The first kappa shape index (κ1) is 18.1. The van der Waals surface area contributed by atoms with E-state index in [2.05, 4.69) is 83.2 Å². The summed E-state index contributed by atoms with van der Waals surface area (Å²) >= 11 is 0. The SMILES string of the molecule is CC(C)n1c(NC2CCN(CCc3ccccc3)CC2)nc2ccccc21. The van der Waals surface area contributed by atoms with Crippen molar-refractivity contribution in [1.82, 2.24) is 14.5 Å². The molecular formula is C23H30N4. The zero-order chi connectivity index (χ0) is 18.6. The van der Waals surface area contributed by atoms with Crippen LogP contribution in [-0.4, -0.2) is 40.1 Å². The van der Waals surface area contributed by atoms with Crippen LogP contribution < -0.4 is 5.32 Å². The summed E-state index contributed by atoms with van der Waals surface area (Å²) in [5, 5.41) is 3.74. The molecule has 4 nitrogen and oxygen atoms in total. The Balaban J connectivity index is 1.35. The van der Waals surface area contributed by atoms with Crippen LogP contribution in [-0.2, 0) is 6.42 Å². The number of likely N-dealkylation sites (tertiary alicyclic amines) is 1. The fourth-order valence-electron chi connectivity index (χ4n) is 4.08. The standard InChI is InChI=1S/C23H30N4/c1-18(2)27-22-11-7-6-10-21(22)25-23(27)24-20-13-16-26(17-14-20)15-12-19-8-4-3-5-9-19/h3-11,18,20H,12-17H2,1-2H3,(H,24,25). The zero-order valence-corrected chi connectivity index (χ0v) is 16.4. The fourth-order valence-corrected chi connectivity index (χ4v) is 4.08. The molecule has 0 saturated carbocycles. The molecule has 0 unspecified atom stereocenters. The van der Waals surface area contributed by atoms with Gasteiger partial charge in [-0.3, -0.25) is 0 Å². The minimum absolute atomic E-state index is 0.394. The number of piperidine rings is 1. The Morgan fingerprint density at radius 1 is 1.00 bits per heavy atom. The van der Waals surface area contributed by atoms with E-state index in [0.29, 0.717) is 12.1 Å². The van der Waals surface area contributed by atoms with E-state index in [1.807, 2.05) is 0 Å². The number of aromatic nitrogens is 2. The van der Waals surface area contributed by atoms with E-state index in [4.69, 9.17) is 4.98 Å². The second-order valence-electron chi connectivity index (χ2n) is 7.88. The van der Waals surface area contributed by atoms with Crippen LogP contribution in [0.25, 0.3) is 11.0 Å². The molecule has 2 heterocycles. The van der Waals surface area contributed by atoms with Gasteiger partial charge in [0.15, 0.2) is 0 Å². The minimum Gasteiger partial charge on any atom is -0.353 e. The molecule has 0 atom stereocenters. The van der Waals surface area contributed by atoms with E-state index in [1.165, 1.54) is 23.9 Å². The first-order chi connectivity index (χ1) is 13.2. The van der Waals surface area contributed by atoms with E-state index in [0.717, 1.165) is 37.5 Å². The Labute approximate surface area is 162 Å². The van der Waals surface area contributed by atoms with E-state index >= 15 is 0 Å². The molecule has 0 radical (unpaired) electrons. The van der Waals surface area contributed by atoms with Crippen molar-refractivity contribution in [1.29, 1.82) is 0 Å². The Hall–Kier alpha value is -2.33. The van der Waals surface area contributed by atoms with Gasteiger partial charge in [-0.25, -0.2) is 4.98 Å². The molecule has 1 aliphatic rings. The van der Waals surface area contributed by atoms with E-state index in [-0.39, 0.29) is 0 Å². The third-order valence-corrected chi connectivity index (χ3v) is 5.59. The molecule has 142 valence electrons. The molecule has 0 bridgehead atoms. The summed E-state index contributed by atoms with van der Waals surface area (Å²) in [5.41, 5.74) is 3.73. The highest BCUT2D eigenvalue weighted by Gasteiger charge is 2.21.